The largest absolute Gasteiger partial charge is 0.462 e. The first-order chi connectivity index (χ1) is 12.7. The van der Waals surface area contributed by atoms with E-state index in [2.05, 4.69) is 15.2 Å². The number of H-pyrrole nitrogens is 1. The van der Waals surface area contributed by atoms with Gasteiger partial charge in [0, 0.05) is 18.8 Å². The minimum atomic E-state index is -4.88. The number of hydrogen-bond acceptors (Lipinski definition) is 5. The van der Waals surface area contributed by atoms with Crippen LogP contribution in [-0.4, -0.2) is 59.7 Å². The number of amides is 1. The van der Waals surface area contributed by atoms with Crippen LogP contribution in [0.3, 0.4) is 0 Å². The minimum Gasteiger partial charge on any atom is -0.462 e. The Labute approximate surface area is 155 Å². The molecule has 0 aliphatic carbocycles. The second-order valence-corrected chi connectivity index (χ2v) is 5.76. The van der Waals surface area contributed by atoms with E-state index in [1.165, 1.54) is 6.92 Å². The molecule has 0 radical (unpaired) electrons. The summed E-state index contributed by atoms with van der Waals surface area (Å²) in [5, 5.41) is 11.9. The maximum Gasteiger partial charge on any atom is 0.419 e. The number of esters is 1. The molecule has 0 saturated heterocycles. The Balaban J connectivity index is 3.04. The zero-order chi connectivity index (χ0) is 20.6. The van der Waals surface area contributed by atoms with Crippen LogP contribution in [0.25, 0.3) is 0 Å². The predicted octanol–water partition coefficient (Wildman–Crippen LogP) is 1.70. The number of aromatic nitrogens is 1. The first-order valence-corrected chi connectivity index (χ1v) is 8.77. The van der Waals surface area contributed by atoms with Crippen molar-refractivity contribution >= 4 is 11.9 Å². The Kier molecular flexibility index (Phi) is 8.77. The van der Waals surface area contributed by atoms with Gasteiger partial charge in [-0.2, -0.15) is 13.2 Å². The van der Waals surface area contributed by atoms with Gasteiger partial charge in [-0.3, -0.25) is 4.79 Å². The Morgan fingerprint density at radius 2 is 1.81 bits per heavy atom. The van der Waals surface area contributed by atoms with E-state index in [0.717, 1.165) is 13.1 Å². The number of likely N-dealkylation sites (N-methyl/N-ethyl adjacent to an activating group) is 1. The number of hydrogen-bond donors (Lipinski definition) is 3. The van der Waals surface area contributed by atoms with Gasteiger partial charge in [-0.1, -0.05) is 13.8 Å². The summed E-state index contributed by atoms with van der Waals surface area (Å²) in [6.07, 6.45) is -5.34. The lowest BCUT2D eigenvalue weighted by Crippen LogP contribution is -2.35. The van der Waals surface area contributed by atoms with Crippen molar-refractivity contribution in [3.8, 4) is 0 Å². The van der Waals surface area contributed by atoms with Crippen LogP contribution in [0.1, 0.15) is 48.1 Å². The number of aromatic amines is 1. The van der Waals surface area contributed by atoms with Gasteiger partial charge in [0.2, 0.25) is 5.91 Å². The van der Waals surface area contributed by atoms with Crippen LogP contribution in [0.15, 0.2) is 0 Å². The maximum absolute atomic E-state index is 13.4. The minimum absolute atomic E-state index is 0.120. The third-order valence-corrected chi connectivity index (χ3v) is 4.06. The molecule has 1 rings (SSSR count). The monoisotopic (exact) mass is 393 g/mol. The van der Waals surface area contributed by atoms with E-state index < -0.39 is 47.9 Å². The number of rotatable bonds is 10. The lowest BCUT2D eigenvalue weighted by Gasteiger charge is -2.18. The molecule has 0 aliphatic rings. The van der Waals surface area contributed by atoms with Crippen molar-refractivity contribution in [3.63, 3.8) is 0 Å². The molecule has 0 fully saturated rings. The molecule has 3 N–H and O–H groups in total. The zero-order valence-electron chi connectivity index (χ0n) is 15.7. The van der Waals surface area contributed by atoms with Gasteiger partial charge in [-0.15, -0.1) is 0 Å². The highest BCUT2D eigenvalue weighted by atomic mass is 19.4. The molecule has 27 heavy (non-hydrogen) atoms. The lowest BCUT2D eigenvalue weighted by atomic mass is 10.1. The fourth-order valence-electron chi connectivity index (χ4n) is 2.72. The molecule has 0 aromatic carbocycles. The molecule has 154 valence electrons. The summed E-state index contributed by atoms with van der Waals surface area (Å²) in [7, 11) is 0. The van der Waals surface area contributed by atoms with Crippen molar-refractivity contribution in [3.05, 3.63) is 22.5 Å². The molecule has 1 amide bonds. The Bertz CT molecular complexity index is 640. The van der Waals surface area contributed by atoms with Gasteiger partial charge in [0.25, 0.3) is 0 Å². The van der Waals surface area contributed by atoms with E-state index in [4.69, 9.17) is 4.74 Å². The molecule has 1 heterocycles. The van der Waals surface area contributed by atoms with Crippen molar-refractivity contribution in [2.24, 2.45) is 0 Å². The van der Waals surface area contributed by atoms with Crippen LogP contribution >= 0.6 is 0 Å². The second kappa shape index (κ2) is 10.3. The standard InChI is InChI=1S/C17H26F3N3O4/c1-4-23(5-2)8-7-21-13(25)9-11-14(16(26)27-6-3)15(17(18,19)20)12(10-24)22-11/h22,24H,4-10H2,1-3H3,(H,21,25). The molecule has 10 heteroatoms. The topological polar surface area (TPSA) is 94.7 Å². The van der Waals surface area contributed by atoms with Gasteiger partial charge in [0.15, 0.2) is 0 Å². The fourth-order valence-corrected chi connectivity index (χ4v) is 2.72. The Hall–Kier alpha value is -2.07. The van der Waals surface area contributed by atoms with Gasteiger partial charge < -0.3 is 25.0 Å². The Morgan fingerprint density at radius 3 is 2.30 bits per heavy atom. The zero-order valence-corrected chi connectivity index (χ0v) is 15.7. The molecule has 1 aromatic rings. The van der Waals surface area contributed by atoms with E-state index in [1.807, 2.05) is 13.8 Å². The predicted molar refractivity (Wildman–Crippen MR) is 92.2 cm³/mol. The van der Waals surface area contributed by atoms with Crippen LogP contribution in [-0.2, 0) is 28.7 Å². The van der Waals surface area contributed by atoms with Gasteiger partial charge in [-0.05, 0) is 20.0 Å². The summed E-state index contributed by atoms with van der Waals surface area (Å²) in [5.41, 5.74) is -2.86. The molecule has 0 atom stereocenters. The molecule has 0 unspecified atom stereocenters. The van der Waals surface area contributed by atoms with Crippen LogP contribution in [0, 0.1) is 0 Å². The second-order valence-electron chi connectivity index (χ2n) is 5.76. The van der Waals surface area contributed by atoms with E-state index in [-0.39, 0.29) is 12.3 Å². The summed E-state index contributed by atoms with van der Waals surface area (Å²) < 4.78 is 44.8. The van der Waals surface area contributed by atoms with E-state index >= 15 is 0 Å². The first-order valence-electron chi connectivity index (χ1n) is 8.77. The first kappa shape index (κ1) is 23.0. The highest BCUT2D eigenvalue weighted by molar-refractivity contribution is 5.95. The van der Waals surface area contributed by atoms with Gasteiger partial charge in [-0.25, -0.2) is 4.79 Å². The van der Waals surface area contributed by atoms with Crippen molar-refractivity contribution in [2.75, 3.05) is 32.8 Å². The summed E-state index contributed by atoms with van der Waals surface area (Å²) >= 11 is 0. The fraction of sp³-hybridized carbons (Fsp3) is 0.647. The molecular formula is C17H26F3N3O4. The highest BCUT2D eigenvalue weighted by Crippen LogP contribution is 2.37. The number of aliphatic hydroxyl groups is 1. The highest BCUT2D eigenvalue weighted by Gasteiger charge is 2.41. The van der Waals surface area contributed by atoms with E-state index in [1.54, 1.807) is 0 Å². The molecule has 0 bridgehead atoms. The summed E-state index contributed by atoms with van der Waals surface area (Å²) in [5.74, 6) is -1.72. The number of ether oxygens (including phenoxy) is 1. The number of carbonyl (C=O) groups is 2. The van der Waals surface area contributed by atoms with Crippen LogP contribution in [0.2, 0.25) is 0 Å². The SMILES string of the molecule is CCOC(=O)c1c(CC(=O)NCCN(CC)CC)[nH]c(CO)c1C(F)(F)F. The molecule has 1 aromatic heterocycles. The molecule has 0 saturated carbocycles. The average molecular weight is 393 g/mol. The van der Waals surface area contributed by atoms with Crippen LogP contribution in [0.4, 0.5) is 13.2 Å². The Morgan fingerprint density at radius 1 is 1.19 bits per heavy atom. The van der Waals surface area contributed by atoms with Gasteiger partial charge in [0.05, 0.1) is 36.5 Å². The van der Waals surface area contributed by atoms with E-state index in [9.17, 15) is 27.9 Å². The molecular weight excluding hydrogens is 367 g/mol. The quantitative estimate of drug-likeness (QED) is 0.526. The molecule has 0 spiro atoms. The number of halogens is 3. The van der Waals surface area contributed by atoms with E-state index in [0.29, 0.717) is 13.1 Å². The third kappa shape index (κ3) is 6.24. The third-order valence-electron chi connectivity index (χ3n) is 4.06. The van der Waals surface area contributed by atoms with Gasteiger partial charge >= 0.3 is 12.1 Å². The number of nitrogens with zero attached hydrogens (tertiary/aromatic N) is 1. The summed E-state index contributed by atoms with van der Waals surface area (Å²) in [4.78, 5) is 28.6. The van der Waals surface area contributed by atoms with Crippen molar-refractivity contribution in [1.82, 2.24) is 15.2 Å². The van der Waals surface area contributed by atoms with Crippen molar-refractivity contribution < 1.29 is 32.6 Å². The summed E-state index contributed by atoms with van der Waals surface area (Å²) in [6, 6.07) is 0. The lowest BCUT2D eigenvalue weighted by molar-refractivity contribution is -0.139. The molecule has 7 nitrogen and oxygen atoms in total. The number of nitrogens with one attached hydrogen (secondary N) is 2. The maximum atomic E-state index is 13.4. The van der Waals surface area contributed by atoms with Gasteiger partial charge in [0.1, 0.15) is 0 Å². The van der Waals surface area contributed by atoms with Crippen molar-refractivity contribution in [2.45, 2.75) is 40.0 Å². The number of carbonyl (C=O) groups excluding carboxylic acids is 2. The smallest absolute Gasteiger partial charge is 0.419 e. The number of alkyl halides is 3. The summed E-state index contributed by atoms with van der Waals surface area (Å²) in [6.45, 7) is 6.89. The molecule has 0 aliphatic heterocycles. The van der Waals surface area contributed by atoms with Crippen LogP contribution < -0.4 is 5.32 Å². The normalized spacial score (nSPS) is 11.7. The average Bonchev–Trinajstić information content (AvgIpc) is 2.97. The van der Waals surface area contributed by atoms with Crippen LogP contribution in [0.5, 0.6) is 0 Å². The van der Waals surface area contributed by atoms with Crippen molar-refractivity contribution in [1.29, 1.82) is 0 Å². The number of aliphatic hydroxyl groups excluding tert-OH is 1.